The van der Waals surface area contributed by atoms with Gasteiger partial charge in [-0.3, -0.25) is 19.1 Å². The van der Waals surface area contributed by atoms with E-state index in [4.69, 9.17) is 10.5 Å². The molecule has 1 unspecified atom stereocenters. The summed E-state index contributed by atoms with van der Waals surface area (Å²) in [7, 11) is 1.59. The molecule has 0 aliphatic heterocycles. The predicted octanol–water partition coefficient (Wildman–Crippen LogP) is 2.26. The first-order chi connectivity index (χ1) is 14.8. The Morgan fingerprint density at radius 1 is 1.32 bits per heavy atom. The number of anilines is 2. The van der Waals surface area contributed by atoms with Gasteiger partial charge in [-0.25, -0.2) is 4.79 Å². The van der Waals surface area contributed by atoms with Gasteiger partial charge in [-0.2, -0.15) is 0 Å². The van der Waals surface area contributed by atoms with Gasteiger partial charge in [0.05, 0.1) is 0 Å². The first-order valence-electron chi connectivity index (χ1n) is 10.8. The van der Waals surface area contributed by atoms with E-state index in [2.05, 4.69) is 17.1 Å². The molecule has 3 rings (SSSR count). The van der Waals surface area contributed by atoms with Crippen molar-refractivity contribution < 1.29 is 9.53 Å². The zero-order valence-electron chi connectivity index (χ0n) is 18.5. The number of hydrogen-bond acceptors (Lipinski definition) is 5. The minimum atomic E-state index is -0.639. The van der Waals surface area contributed by atoms with Crippen molar-refractivity contribution in [1.82, 2.24) is 9.55 Å². The number of benzene rings is 1. The molecule has 1 amide bonds. The fourth-order valence-corrected chi connectivity index (χ4v) is 4.29. The lowest BCUT2D eigenvalue weighted by atomic mass is 9.97. The summed E-state index contributed by atoms with van der Waals surface area (Å²) in [6.07, 6.45) is 2.67. The van der Waals surface area contributed by atoms with Crippen molar-refractivity contribution in [3.8, 4) is 0 Å². The number of amides is 1. The van der Waals surface area contributed by atoms with Crippen molar-refractivity contribution in [2.45, 2.75) is 52.0 Å². The summed E-state index contributed by atoms with van der Waals surface area (Å²) in [6.45, 7) is 4.99. The Labute approximate surface area is 182 Å². The SMILES string of the molecule is COCCCN(C(=O)CC1CCc2ccccc21)c1c(N)n(CC(C)C)c(=O)[nH]c1=O. The second kappa shape index (κ2) is 9.96. The smallest absolute Gasteiger partial charge is 0.330 e. The molecule has 0 bridgehead atoms. The number of carbonyl (C=O) groups is 1. The van der Waals surface area contributed by atoms with Crippen molar-refractivity contribution in [2.75, 3.05) is 30.9 Å². The molecule has 0 saturated heterocycles. The summed E-state index contributed by atoms with van der Waals surface area (Å²) in [4.78, 5) is 42.2. The number of nitrogens with one attached hydrogen (secondary N) is 1. The molecule has 1 aromatic carbocycles. The molecular formula is C23H32N4O4. The number of methoxy groups -OCH3 is 1. The number of aromatic amines is 1. The molecule has 0 radical (unpaired) electrons. The minimum Gasteiger partial charge on any atom is -0.385 e. The first kappa shape index (κ1) is 22.8. The molecule has 0 fully saturated rings. The van der Waals surface area contributed by atoms with Crippen molar-refractivity contribution >= 4 is 17.4 Å². The standard InChI is InChI=1S/C23H32N4O4/c1-15(2)14-27-21(24)20(22(29)25-23(27)30)26(11-6-12-31-3)19(28)13-17-10-9-16-7-4-5-8-18(16)17/h4-5,7-8,15,17H,6,9-14,24H2,1-3H3,(H,25,29,30). The van der Waals surface area contributed by atoms with E-state index in [0.29, 0.717) is 19.6 Å². The lowest BCUT2D eigenvalue weighted by molar-refractivity contribution is -0.119. The number of H-pyrrole nitrogens is 1. The van der Waals surface area contributed by atoms with Crippen molar-refractivity contribution in [2.24, 2.45) is 5.92 Å². The van der Waals surface area contributed by atoms with Gasteiger partial charge in [-0.1, -0.05) is 38.1 Å². The van der Waals surface area contributed by atoms with Crippen molar-refractivity contribution in [3.05, 3.63) is 56.2 Å². The Morgan fingerprint density at radius 2 is 2.06 bits per heavy atom. The number of nitrogens with two attached hydrogens (primary N) is 1. The fraction of sp³-hybridized carbons (Fsp3) is 0.522. The van der Waals surface area contributed by atoms with Crippen LogP contribution in [0.2, 0.25) is 0 Å². The van der Waals surface area contributed by atoms with E-state index in [-0.39, 0.29) is 42.2 Å². The van der Waals surface area contributed by atoms with E-state index >= 15 is 0 Å². The number of nitrogens with zero attached hydrogens (tertiary/aromatic N) is 2. The Morgan fingerprint density at radius 3 is 2.77 bits per heavy atom. The van der Waals surface area contributed by atoms with E-state index in [0.717, 1.165) is 12.8 Å². The van der Waals surface area contributed by atoms with E-state index in [1.54, 1.807) is 7.11 Å². The Balaban J connectivity index is 1.95. The van der Waals surface area contributed by atoms with Gasteiger partial charge >= 0.3 is 5.69 Å². The van der Waals surface area contributed by atoms with E-state index < -0.39 is 11.2 Å². The minimum absolute atomic E-state index is 0.0278. The van der Waals surface area contributed by atoms with Crippen LogP contribution >= 0.6 is 0 Å². The molecule has 1 heterocycles. The third kappa shape index (κ3) is 5.07. The van der Waals surface area contributed by atoms with Gasteiger partial charge < -0.3 is 15.4 Å². The predicted molar refractivity (Wildman–Crippen MR) is 122 cm³/mol. The van der Waals surface area contributed by atoms with Crippen LogP contribution in [0.5, 0.6) is 0 Å². The number of rotatable bonds is 9. The second-order valence-corrected chi connectivity index (χ2v) is 8.53. The molecular weight excluding hydrogens is 396 g/mol. The second-order valence-electron chi connectivity index (χ2n) is 8.53. The van der Waals surface area contributed by atoms with Gasteiger partial charge in [0.1, 0.15) is 5.82 Å². The summed E-state index contributed by atoms with van der Waals surface area (Å²) < 4.78 is 6.47. The molecule has 2 aromatic rings. The molecule has 8 heteroatoms. The van der Waals surface area contributed by atoms with Crippen LogP contribution in [0.15, 0.2) is 33.9 Å². The third-order valence-electron chi connectivity index (χ3n) is 5.74. The largest absolute Gasteiger partial charge is 0.385 e. The van der Waals surface area contributed by atoms with Crippen LogP contribution in [0.1, 0.15) is 50.2 Å². The molecule has 8 nitrogen and oxygen atoms in total. The highest BCUT2D eigenvalue weighted by Gasteiger charge is 2.29. The maximum Gasteiger partial charge on any atom is 0.330 e. The lowest BCUT2D eigenvalue weighted by Gasteiger charge is -2.26. The molecule has 3 N–H and O–H groups in total. The number of fused-ring (bicyclic) bond motifs is 1. The maximum absolute atomic E-state index is 13.4. The van der Waals surface area contributed by atoms with Crippen molar-refractivity contribution in [3.63, 3.8) is 0 Å². The number of aromatic nitrogens is 2. The molecule has 1 aromatic heterocycles. The Bertz CT molecular complexity index is 1040. The van der Waals surface area contributed by atoms with Crippen LogP contribution in [-0.2, 0) is 22.5 Å². The van der Waals surface area contributed by atoms with Crippen molar-refractivity contribution in [1.29, 1.82) is 0 Å². The van der Waals surface area contributed by atoms with Gasteiger partial charge in [0.2, 0.25) is 5.91 Å². The number of carbonyl (C=O) groups excluding carboxylic acids is 1. The molecule has 1 atom stereocenters. The number of hydrogen-bond donors (Lipinski definition) is 2. The topological polar surface area (TPSA) is 110 Å². The highest BCUT2D eigenvalue weighted by atomic mass is 16.5. The van der Waals surface area contributed by atoms with Crippen LogP contribution in [0.3, 0.4) is 0 Å². The summed E-state index contributed by atoms with van der Waals surface area (Å²) in [5, 5.41) is 0. The number of ether oxygens (including phenoxy) is 1. The van der Waals surface area contributed by atoms with Gasteiger partial charge in [0.15, 0.2) is 5.69 Å². The first-order valence-corrected chi connectivity index (χ1v) is 10.8. The summed E-state index contributed by atoms with van der Waals surface area (Å²) in [5.74, 6) is 0.103. The molecule has 1 aliphatic rings. The maximum atomic E-state index is 13.4. The van der Waals surface area contributed by atoms with E-state index in [1.165, 1.54) is 20.6 Å². The van der Waals surface area contributed by atoms with Gasteiger partial charge in [-0.05, 0) is 42.2 Å². The monoisotopic (exact) mass is 428 g/mol. The van der Waals surface area contributed by atoms with Crippen LogP contribution in [0, 0.1) is 5.92 Å². The number of aryl methyl sites for hydroxylation is 1. The molecule has 0 spiro atoms. The van der Waals surface area contributed by atoms with Crippen LogP contribution in [0.4, 0.5) is 11.5 Å². The average Bonchev–Trinajstić information content (AvgIpc) is 3.12. The zero-order valence-corrected chi connectivity index (χ0v) is 18.5. The average molecular weight is 429 g/mol. The molecule has 31 heavy (non-hydrogen) atoms. The van der Waals surface area contributed by atoms with Gasteiger partial charge in [0, 0.05) is 33.2 Å². The highest BCUT2D eigenvalue weighted by molar-refractivity contribution is 5.96. The Kier molecular flexibility index (Phi) is 7.33. The summed E-state index contributed by atoms with van der Waals surface area (Å²) in [5.41, 5.74) is 7.59. The Hall–Kier alpha value is -2.87. The van der Waals surface area contributed by atoms with Crippen LogP contribution in [-0.4, -0.2) is 35.7 Å². The van der Waals surface area contributed by atoms with E-state index in [9.17, 15) is 14.4 Å². The molecule has 1 aliphatic carbocycles. The fourth-order valence-electron chi connectivity index (χ4n) is 4.29. The number of nitrogen functional groups attached to an aromatic ring is 1. The summed E-state index contributed by atoms with van der Waals surface area (Å²) in [6, 6.07) is 8.17. The molecule has 0 saturated carbocycles. The highest BCUT2D eigenvalue weighted by Crippen LogP contribution is 2.36. The molecule has 168 valence electrons. The lowest BCUT2D eigenvalue weighted by Crippen LogP contribution is -2.42. The quantitative estimate of drug-likeness (QED) is 0.595. The van der Waals surface area contributed by atoms with Crippen LogP contribution in [0.25, 0.3) is 0 Å². The van der Waals surface area contributed by atoms with Crippen LogP contribution < -0.4 is 21.9 Å². The third-order valence-corrected chi connectivity index (χ3v) is 5.74. The zero-order chi connectivity index (χ0) is 22.5. The summed E-state index contributed by atoms with van der Waals surface area (Å²) >= 11 is 0. The normalized spacial score (nSPS) is 15.3. The van der Waals surface area contributed by atoms with E-state index in [1.807, 2.05) is 26.0 Å². The van der Waals surface area contributed by atoms with Gasteiger partial charge in [-0.15, -0.1) is 0 Å². The van der Waals surface area contributed by atoms with Gasteiger partial charge in [0.25, 0.3) is 5.56 Å².